The first-order valence-corrected chi connectivity index (χ1v) is 10.1. The topological polar surface area (TPSA) is 170 Å². The lowest BCUT2D eigenvalue weighted by Gasteiger charge is -2.20. The van der Waals surface area contributed by atoms with Crippen molar-refractivity contribution in [2.75, 3.05) is 6.61 Å². The number of aliphatic carboxylic acids is 1. The largest absolute Gasteiger partial charge is 0.511 e. The fourth-order valence-electron chi connectivity index (χ4n) is 2.95. The molecule has 11 nitrogen and oxygen atoms in total. The molecule has 3 atom stereocenters. The number of ether oxygens (including phenoxy) is 3. The smallest absolute Gasteiger partial charge is 0.480 e. The molecule has 11 heteroatoms. The summed E-state index contributed by atoms with van der Waals surface area (Å²) in [4.78, 5) is 50.4. The molecule has 0 spiro atoms. The van der Waals surface area contributed by atoms with Gasteiger partial charge in [0.05, 0.1) is 6.61 Å². The van der Waals surface area contributed by atoms with Crippen molar-refractivity contribution in [2.24, 2.45) is 5.73 Å². The van der Waals surface area contributed by atoms with Crippen molar-refractivity contribution in [1.82, 2.24) is 10.3 Å². The molecule has 2 rings (SSSR count). The quantitative estimate of drug-likeness (QED) is 0.293. The van der Waals surface area contributed by atoms with Gasteiger partial charge in [0.2, 0.25) is 12.2 Å². The van der Waals surface area contributed by atoms with Crippen LogP contribution < -0.4 is 11.1 Å². The van der Waals surface area contributed by atoms with Crippen LogP contribution in [0.5, 0.6) is 0 Å². The predicted molar refractivity (Wildman–Crippen MR) is 112 cm³/mol. The highest BCUT2D eigenvalue weighted by Crippen LogP contribution is 2.20. The van der Waals surface area contributed by atoms with Gasteiger partial charge in [-0.25, -0.2) is 9.59 Å². The summed E-state index contributed by atoms with van der Waals surface area (Å²) in [6.45, 7) is 3.03. The monoisotopic (exact) mass is 449 g/mol. The maximum atomic E-state index is 12.7. The van der Waals surface area contributed by atoms with Crippen molar-refractivity contribution in [1.29, 1.82) is 0 Å². The molecule has 0 radical (unpaired) electrons. The van der Waals surface area contributed by atoms with E-state index < -0.39 is 42.4 Å². The Balaban J connectivity index is 2.10. The summed E-state index contributed by atoms with van der Waals surface area (Å²) < 4.78 is 14.6. The Morgan fingerprint density at radius 2 is 1.91 bits per heavy atom. The van der Waals surface area contributed by atoms with E-state index in [-0.39, 0.29) is 25.9 Å². The first-order valence-electron chi connectivity index (χ1n) is 10.1. The molecular formula is C21H27N3O8. The minimum absolute atomic E-state index is 0.0890. The molecule has 0 aliphatic rings. The van der Waals surface area contributed by atoms with Crippen LogP contribution in [0, 0.1) is 0 Å². The molecule has 1 amide bonds. The average Bonchev–Trinajstić information content (AvgIpc) is 3.14. The Kier molecular flexibility index (Phi) is 9.02. The minimum Gasteiger partial charge on any atom is -0.480 e. The lowest BCUT2D eigenvalue weighted by atomic mass is 10.0. The number of hydrogen-bond donors (Lipinski definition) is 4. The molecule has 174 valence electrons. The third kappa shape index (κ3) is 7.27. The Morgan fingerprint density at radius 1 is 1.19 bits per heavy atom. The molecule has 5 N–H and O–H groups in total. The molecule has 1 aromatic carbocycles. The molecule has 2 aromatic rings. The number of amides is 1. The predicted octanol–water partition coefficient (Wildman–Crippen LogP) is 1.45. The van der Waals surface area contributed by atoms with Crippen molar-refractivity contribution in [3.63, 3.8) is 0 Å². The summed E-state index contributed by atoms with van der Waals surface area (Å²) in [6.07, 6.45) is -0.725. The lowest BCUT2D eigenvalue weighted by molar-refractivity contribution is -0.171. The van der Waals surface area contributed by atoms with Gasteiger partial charge in [-0.05, 0) is 25.0 Å². The molecule has 0 aliphatic carbocycles. The normalized spacial score (nSPS) is 13.6. The van der Waals surface area contributed by atoms with E-state index in [1.165, 1.54) is 6.92 Å². The zero-order valence-electron chi connectivity index (χ0n) is 17.8. The van der Waals surface area contributed by atoms with Crippen molar-refractivity contribution >= 4 is 34.9 Å². The summed E-state index contributed by atoms with van der Waals surface area (Å²) >= 11 is 0. The molecule has 0 bridgehead atoms. The van der Waals surface area contributed by atoms with E-state index in [1.54, 1.807) is 13.1 Å². The molecule has 1 heterocycles. The summed E-state index contributed by atoms with van der Waals surface area (Å²) in [5, 5.41) is 12.3. The van der Waals surface area contributed by atoms with Gasteiger partial charge in [-0.1, -0.05) is 18.2 Å². The highest BCUT2D eigenvalue weighted by molar-refractivity contribution is 5.87. The maximum Gasteiger partial charge on any atom is 0.511 e. The standard InChI is InChI=1S/C21H27N3O8/c1-3-30-21(29)32-12(2)31-20(28)17(24-18(25)9-8-15(22)19(26)27)10-13-11-23-16-7-5-4-6-14(13)16/h4-7,11-12,15,17,23H,3,8-10,22H2,1-2H3,(H,24,25)(H,26,27)/t12?,15-,17?/m1/s1. The first kappa shape index (κ1) is 24.7. The van der Waals surface area contributed by atoms with E-state index in [0.717, 1.165) is 16.5 Å². The molecule has 32 heavy (non-hydrogen) atoms. The second-order valence-corrected chi connectivity index (χ2v) is 6.97. The molecule has 0 aliphatic heterocycles. The number of H-pyrrole nitrogens is 1. The number of rotatable bonds is 11. The van der Waals surface area contributed by atoms with Gasteiger partial charge in [-0.3, -0.25) is 9.59 Å². The molecule has 0 fully saturated rings. The Hall–Kier alpha value is -3.60. The Bertz CT molecular complexity index is 957. The van der Waals surface area contributed by atoms with Gasteiger partial charge in [-0.2, -0.15) is 0 Å². The third-order valence-corrected chi connectivity index (χ3v) is 4.52. The number of hydrogen-bond acceptors (Lipinski definition) is 8. The van der Waals surface area contributed by atoms with Crippen LogP contribution in [0.25, 0.3) is 10.9 Å². The van der Waals surface area contributed by atoms with Gasteiger partial charge in [0.25, 0.3) is 0 Å². The van der Waals surface area contributed by atoms with Crippen LogP contribution in [0.1, 0.15) is 32.3 Å². The zero-order valence-corrected chi connectivity index (χ0v) is 17.8. The van der Waals surface area contributed by atoms with Crippen LogP contribution in [0.3, 0.4) is 0 Å². The van der Waals surface area contributed by atoms with Gasteiger partial charge in [0.15, 0.2) is 0 Å². The van der Waals surface area contributed by atoms with Crippen molar-refractivity contribution < 1.29 is 38.5 Å². The molecule has 0 saturated carbocycles. The number of carbonyl (C=O) groups is 4. The van der Waals surface area contributed by atoms with E-state index in [2.05, 4.69) is 15.0 Å². The van der Waals surface area contributed by atoms with E-state index in [9.17, 15) is 19.2 Å². The molecular weight excluding hydrogens is 422 g/mol. The first-order chi connectivity index (χ1) is 15.2. The van der Waals surface area contributed by atoms with Crippen molar-refractivity contribution in [3.8, 4) is 0 Å². The van der Waals surface area contributed by atoms with E-state index in [1.807, 2.05) is 24.3 Å². The number of aromatic nitrogens is 1. The number of carboxylic acid groups (broad SMARTS) is 1. The van der Waals surface area contributed by atoms with E-state index in [4.69, 9.17) is 20.3 Å². The summed E-state index contributed by atoms with van der Waals surface area (Å²) in [5.74, 6) is -2.62. The number of nitrogens with two attached hydrogens (primary N) is 1. The van der Waals surface area contributed by atoms with Gasteiger partial charge in [-0.15, -0.1) is 0 Å². The van der Waals surface area contributed by atoms with Crippen LogP contribution in [0.15, 0.2) is 30.5 Å². The lowest BCUT2D eigenvalue weighted by Crippen LogP contribution is -2.45. The second kappa shape index (κ2) is 11.7. The third-order valence-electron chi connectivity index (χ3n) is 4.52. The molecule has 0 saturated heterocycles. The van der Waals surface area contributed by atoms with Gasteiger partial charge in [0, 0.05) is 36.9 Å². The number of carbonyl (C=O) groups excluding carboxylic acids is 3. The SMILES string of the molecule is CCOC(=O)OC(C)OC(=O)C(Cc1c[nH]c2ccccc12)NC(=O)CC[C@@H](N)C(=O)O. The van der Waals surface area contributed by atoms with Crippen molar-refractivity contribution in [3.05, 3.63) is 36.0 Å². The van der Waals surface area contributed by atoms with E-state index in [0.29, 0.717) is 0 Å². The Labute approximate surface area is 184 Å². The summed E-state index contributed by atoms with van der Waals surface area (Å²) in [5.41, 5.74) is 7.04. The molecule has 2 unspecified atom stereocenters. The number of nitrogens with one attached hydrogen (secondary N) is 2. The van der Waals surface area contributed by atoms with Crippen molar-refractivity contribution in [2.45, 2.75) is 51.5 Å². The van der Waals surface area contributed by atoms with Gasteiger partial charge >= 0.3 is 18.1 Å². The fraction of sp³-hybridized carbons (Fsp3) is 0.429. The summed E-state index contributed by atoms with van der Waals surface area (Å²) in [6, 6.07) is 5.12. The fourth-order valence-corrected chi connectivity index (χ4v) is 2.95. The van der Waals surface area contributed by atoms with Gasteiger partial charge < -0.3 is 35.4 Å². The number of aromatic amines is 1. The number of carboxylic acids is 1. The highest BCUT2D eigenvalue weighted by Gasteiger charge is 2.27. The highest BCUT2D eigenvalue weighted by atomic mass is 16.8. The molecule has 1 aromatic heterocycles. The number of para-hydroxylation sites is 1. The number of fused-ring (bicyclic) bond motifs is 1. The van der Waals surface area contributed by atoms with Crippen LogP contribution in [-0.4, -0.2) is 59.1 Å². The average molecular weight is 449 g/mol. The Morgan fingerprint density at radius 3 is 2.59 bits per heavy atom. The minimum atomic E-state index is -1.25. The second-order valence-electron chi connectivity index (χ2n) is 6.97. The van der Waals surface area contributed by atoms with Crippen LogP contribution in [0.4, 0.5) is 4.79 Å². The van der Waals surface area contributed by atoms with Gasteiger partial charge in [0.1, 0.15) is 12.1 Å². The number of benzene rings is 1. The maximum absolute atomic E-state index is 12.7. The van der Waals surface area contributed by atoms with E-state index >= 15 is 0 Å². The number of esters is 1. The summed E-state index contributed by atoms with van der Waals surface area (Å²) in [7, 11) is 0. The zero-order chi connectivity index (χ0) is 23.7. The van der Waals surface area contributed by atoms with Crippen LogP contribution >= 0.6 is 0 Å². The van der Waals surface area contributed by atoms with Crippen LogP contribution in [0.2, 0.25) is 0 Å². The van der Waals surface area contributed by atoms with Crippen LogP contribution in [-0.2, 0) is 35.0 Å².